The third kappa shape index (κ3) is 7.54. The van der Waals surface area contributed by atoms with Crippen LogP contribution in [0.1, 0.15) is 53.1 Å². The van der Waals surface area contributed by atoms with E-state index >= 15 is 0 Å². The molecule has 3 rings (SSSR count). The molecule has 0 saturated heterocycles. The third-order valence-corrected chi connectivity index (χ3v) is 6.55. The van der Waals surface area contributed by atoms with Gasteiger partial charge in [0, 0.05) is 19.5 Å². The Labute approximate surface area is 210 Å². The Morgan fingerprint density at radius 3 is 2.26 bits per heavy atom. The molecule has 0 bridgehead atoms. The van der Waals surface area contributed by atoms with Crippen LogP contribution in [0.5, 0.6) is 0 Å². The quantitative estimate of drug-likeness (QED) is 0.365. The second-order valence-corrected chi connectivity index (χ2v) is 9.40. The number of rotatable bonds is 11. The molecule has 0 heterocycles. The van der Waals surface area contributed by atoms with E-state index in [1.165, 1.54) is 0 Å². The lowest BCUT2D eigenvalue weighted by atomic mass is 9.98. The number of nitrogens with one attached hydrogen (secondary N) is 1. The first-order chi connectivity index (χ1) is 16.9. The van der Waals surface area contributed by atoms with Crippen LogP contribution < -0.4 is 5.32 Å². The maximum atomic E-state index is 13.9. The van der Waals surface area contributed by atoms with Crippen molar-refractivity contribution < 1.29 is 9.59 Å². The SMILES string of the molecule is CCCCNC(=O)C(Cc1ccccc1)N(Cc1ccccc1C)C(=O)Cc1cc(C)ccc1C. The summed E-state index contributed by atoms with van der Waals surface area (Å²) in [6.45, 7) is 9.24. The van der Waals surface area contributed by atoms with Gasteiger partial charge in [-0.15, -0.1) is 0 Å². The summed E-state index contributed by atoms with van der Waals surface area (Å²) in [5, 5.41) is 3.09. The molecule has 3 aromatic carbocycles. The number of nitrogens with zero attached hydrogens (tertiary/aromatic N) is 1. The molecule has 1 unspecified atom stereocenters. The van der Waals surface area contributed by atoms with E-state index in [0.29, 0.717) is 19.5 Å². The van der Waals surface area contributed by atoms with Crippen molar-refractivity contribution in [1.29, 1.82) is 0 Å². The van der Waals surface area contributed by atoms with Gasteiger partial charge in [0.25, 0.3) is 0 Å². The topological polar surface area (TPSA) is 49.4 Å². The molecule has 0 spiro atoms. The van der Waals surface area contributed by atoms with E-state index in [0.717, 1.165) is 46.2 Å². The van der Waals surface area contributed by atoms with Gasteiger partial charge in [0.05, 0.1) is 6.42 Å². The highest BCUT2D eigenvalue weighted by atomic mass is 16.2. The van der Waals surface area contributed by atoms with Gasteiger partial charge in [0.2, 0.25) is 11.8 Å². The molecule has 1 N–H and O–H groups in total. The van der Waals surface area contributed by atoms with Crippen LogP contribution in [0, 0.1) is 20.8 Å². The van der Waals surface area contributed by atoms with Crippen LogP contribution in [0.25, 0.3) is 0 Å². The second kappa shape index (κ2) is 12.9. The summed E-state index contributed by atoms with van der Waals surface area (Å²) >= 11 is 0. The van der Waals surface area contributed by atoms with E-state index in [1.54, 1.807) is 4.90 Å². The predicted octanol–water partition coefficient (Wildman–Crippen LogP) is 5.71. The van der Waals surface area contributed by atoms with Gasteiger partial charge in [0.15, 0.2) is 0 Å². The molecule has 0 fully saturated rings. The second-order valence-electron chi connectivity index (χ2n) is 9.40. The van der Waals surface area contributed by atoms with Gasteiger partial charge in [-0.25, -0.2) is 0 Å². The average Bonchev–Trinajstić information content (AvgIpc) is 2.85. The molecule has 184 valence electrons. The fourth-order valence-electron chi connectivity index (χ4n) is 4.29. The first kappa shape index (κ1) is 26.2. The van der Waals surface area contributed by atoms with Gasteiger partial charge in [-0.05, 0) is 55.0 Å². The van der Waals surface area contributed by atoms with Crippen molar-refractivity contribution >= 4 is 11.8 Å². The molecule has 4 nitrogen and oxygen atoms in total. The molecule has 2 amide bonds. The lowest BCUT2D eigenvalue weighted by Gasteiger charge is -2.32. The maximum Gasteiger partial charge on any atom is 0.243 e. The van der Waals surface area contributed by atoms with Crippen LogP contribution in [-0.4, -0.2) is 29.3 Å². The first-order valence-electron chi connectivity index (χ1n) is 12.6. The highest BCUT2D eigenvalue weighted by Crippen LogP contribution is 2.20. The van der Waals surface area contributed by atoms with Gasteiger partial charge >= 0.3 is 0 Å². The highest BCUT2D eigenvalue weighted by Gasteiger charge is 2.30. The summed E-state index contributed by atoms with van der Waals surface area (Å²) < 4.78 is 0. The molecule has 0 aliphatic carbocycles. The number of hydrogen-bond acceptors (Lipinski definition) is 2. The summed E-state index contributed by atoms with van der Waals surface area (Å²) in [6, 6.07) is 23.7. The van der Waals surface area contributed by atoms with E-state index in [2.05, 4.69) is 43.4 Å². The molecule has 35 heavy (non-hydrogen) atoms. The fraction of sp³-hybridized carbons (Fsp3) is 0.355. The lowest BCUT2D eigenvalue weighted by molar-refractivity contribution is -0.140. The van der Waals surface area contributed by atoms with Crippen molar-refractivity contribution in [1.82, 2.24) is 10.2 Å². The number of carbonyl (C=O) groups excluding carboxylic acids is 2. The number of hydrogen-bond donors (Lipinski definition) is 1. The van der Waals surface area contributed by atoms with E-state index in [4.69, 9.17) is 0 Å². The zero-order valence-electron chi connectivity index (χ0n) is 21.5. The van der Waals surface area contributed by atoms with Crippen molar-refractivity contribution in [3.63, 3.8) is 0 Å². The summed E-state index contributed by atoms with van der Waals surface area (Å²) in [5.41, 5.74) is 6.43. The largest absolute Gasteiger partial charge is 0.354 e. The van der Waals surface area contributed by atoms with Crippen molar-refractivity contribution in [3.8, 4) is 0 Å². The summed E-state index contributed by atoms with van der Waals surface area (Å²) in [4.78, 5) is 29.2. The summed E-state index contributed by atoms with van der Waals surface area (Å²) in [5.74, 6) is -0.126. The average molecular weight is 471 g/mol. The van der Waals surface area contributed by atoms with E-state index < -0.39 is 6.04 Å². The van der Waals surface area contributed by atoms with Gasteiger partial charge in [-0.1, -0.05) is 91.7 Å². The molecule has 0 radical (unpaired) electrons. The molecule has 3 aromatic rings. The summed E-state index contributed by atoms with van der Waals surface area (Å²) in [6.07, 6.45) is 2.66. The number of unbranched alkanes of at least 4 members (excludes halogenated alkanes) is 1. The minimum Gasteiger partial charge on any atom is -0.354 e. The number of aryl methyl sites for hydroxylation is 3. The highest BCUT2D eigenvalue weighted by molar-refractivity contribution is 5.89. The van der Waals surface area contributed by atoms with Crippen LogP contribution in [0.2, 0.25) is 0 Å². The molecular formula is C31H38N2O2. The normalized spacial score (nSPS) is 11.7. The number of amides is 2. The van der Waals surface area contributed by atoms with Crippen molar-refractivity contribution in [2.24, 2.45) is 0 Å². The monoisotopic (exact) mass is 470 g/mol. The Morgan fingerprint density at radius 2 is 1.54 bits per heavy atom. The van der Waals surface area contributed by atoms with E-state index in [1.807, 2.05) is 62.4 Å². The van der Waals surface area contributed by atoms with Gasteiger partial charge < -0.3 is 10.2 Å². The molecule has 1 atom stereocenters. The molecular weight excluding hydrogens is 432 g/mol. The Hall–Kier alpha value is -3.40. The number of benzene rings is 3. The Morgan fingerprint density at radius 1 is 0.857 bits per heavy atom. The molecule has 0 saturated carbocycles. The Balaban J connectivity index is 1.98. The molecule has 4 heteroatoms. The zero-order chi connectivity index (χ0) is 25.2. The van der Waals surface area contributed by atoms with Crippen molar-refractivity contribution in [3.05, 3.63) is 106 Å². The molecule has 0 aliphatic heterocycles. The van der Waals surface area contributed by atoms with Gasteiger partial charge in [-0.2, -0.15) is 0 Å². The Bertz CT molecular complexity index is 1120. The summed E-state index contributed by atoms with van der Waals surface area (Å²) in [7, 11) is 0. The van der Waals surface area contributed by atoms with Crippen LogP contribution >= 0.6 is 0 Å². The zero-order valence-corrected chi connectivity index (χ0v) is 21.5. The maximum absolute atomic E-state index is 13.9. The smallest absolute Gasteiger partial charge is 0.243 e. The third-order valence-electron chi connectivity index (χ3n) is 6.55. The Kier molecular flexibility index (Phi) is 9.66. The molecule has 0 aliphatic rings. The fourth-order valence-corrected chi connectivity index (χ4v) is 4.29. The van der Waals surface area contributed by atoms with Crippen LogP contribution in [-0.2, 0) is 29.0 Å². The predicted molar refractivity (Wildman–Crippen MR) is 143 cm³/mol. The van der Waals surface area contributed by atoms with Crippen LogP contribution in [0.3, 0.4) is 0 Å². The van der Waals surface area contributed by atoms with E-state index in [-0.39, 0.29) is 18.2 Å². The first-order valence-corrected chi connectivity index (χ1v) is 12.6. The van der Waals surface area contributed by atoms with Crippen molar-refractivity contribution in [2.45, 2.75) is 66.0 Å². The lowest BCUT2D eigenvalue weighted by Crippen LogP contribution is -2.51. The van der Waals surface area contributed by atoms with Gasteiger partial charge in [-0.3, -0.25) is 9.59 Å². The standard InChI is InChI=1S/C31H38N2O2/c1-5-6-18-32-31(35)29(20-26-13-8-7-9-14-26)33(22-27-15-11-10-12-24(27)3)30(34)21-28-19-23(2)16-17-25(28)4/h7-17,19,29H,5-6,18,20-22H2,1-4H3,(H,32,35). The van der Waals surface area contributed by atoms with Crippen molar-refractivity contribution in [2.75, 3.05) is 6.54 Å². The molecule has 0 aromatic heterocycles. The van der Waals surface area contributed by atoms with E-state index in [9.17, 15) is 9.59 Å². The van der Waals surface area contributed by atoms with Crippen LogP contribution in [0.4, 0.5) is 0 Å². The number of carbonyl (C=O) groups is 2. The minimum absolute atomic E-state index is 0.0338. The van der Waals surface area contributed by atoms with Gasteiger partial charge in [0.1, 0.15) is 6.04 Å². The van der Waals surface area contributed by atoms with Crippen LogP contribution in [0.15, 0.2) is 72.8 Å². The minimum atomic E-state index is -0.591.